The molecular formula is C32H44O3. The van der Waals surface area contributed by atoms with Crippen LogP contribution >= 0.6 is 0 Å². The van der Waals surface area contributed by atoms with Crippen LogP contribution in [0.2, 0.25) is 0 Å². The second kappa shape index (κ2) is 10.2. The normalized spacial score (nSPS) is 35.1. The third kappa shape index (κ3) is 5.58. The number of allylic oxidation sites excluding steroid dienone is 4. The van der Waals surface area contributed by atoms with Gasteiger partial charge in [0.15, 0.2) is 0 Å². The van der Waals surface area contributed by atoms with Crippen molar-refractivity contribution in [2.75, 3.05) is 0 Å². The minimum atomic E-state index is -0.831. The molecule has 4 rings (SSSR count). The summed E-state index contributed by atoms with van der Waals surface area (Å²) in [6, 6.07) is 8.21. The minimum Gasteiger partial charge on any atom is -0.393 e. The van der Waals surface area contributed by atoms with Gasteiger partial charge in [0.2, 0.25) is 0 Å². The highest BCUT2D eigenvalue weighted by Gasteiger charge is 2.50. The number of hydrogen-bond donors (Lipinski definition) is 3. The van der Waals surface area contributed by atoms with Crippen molar-refractivity contribution in [3.05, 3.63) is 76.9 Å². The van der Waals surface area contributed by atoms with E-state index in [4.69, 9.17) is 0 Å². The van der Waals surface area contributed by atoms with Crippen LogP contribution in [-0.2, 0) is 5.60 Å². The van der Waals surface area contributed by atoms with Crippen molar-refractivity contribution in [1.82, 2.24) is 0 Å². The summed E-state index contributed by atoms with van der Waals surface area (Å²) in [5.41, 5.74) is 4.84. The Bertz CT molecular complexity index is 1020. The van der Waals surface area contributed by atoms with Crippen LogP contribution in [0.15, 0.2) is 65.8 Å². The first kappa shape index (κ1) is 26.1. The Morgan fingerprint density at radius 3 is 2.69 bits per heavy atom. The number of rotatable bonds is 5. The zero-order chi connectivity index (χ0) is 25.4. The summed E-state index contributed by atoms with van der Waals surface area (Å²) in [7, 11) is 0. The zero-order valence-corrected chi connectivity index (χ0v) is 22.0. The Morgan fingerprint density at radius 1 is 1.17 bits per heavy atom. The SMILES string of the molecule is C=C1/C(=C\C=C2/CCC[C@]3(C)[C@@H]([C@@H](C)/C=C\c4cccc(C(C)(C)O)c4)CC[C@@H]23)C[C@@H](O)C[C@@H]1O. The van der Waals surface area contributed by atoms with Gasteiger partial charge in [-0.2, -0.15) is 0 Å². The summed E-state index contributed by atoms with van der Waals surface area (Å²) < 4.78 is 0. The van der Waals surface area contributed by atoms with Crippen molar-refractivity contribution < 1.29 is 15.3 Å². The molecule has 3 heteroatoms. The third-order valence-corrected chi connectivity index (χ3v) is 9.12. The predicted molar refractivity (Wildman–Crippen MR) is 145 cm³/mol. The van der Waals surface area contributed by atoms with Crippen LogP contribution in [0.4, 0.5) is 0 Å². The van der Waals surface area contributed by atoms with E-state index in [1.165, 1.54) is 31.3 Å². The Labute approximate surface area is 212 Å². The monoisotopic (exact) mass is 476 g/mol. The fourth-order valence-corrected chi connectivity index (χ4v) is 7.03. The molecule has 35 heavy (non-hydrogen) atoms. The van der Waals surface area contributed by atoms with Crippen molar-refractivity contribution >= 4 is 6.08 Å². The Balaban J connectivity index is 1.50. The molecule has 0 amide bonds. The zero-order valence-electron chi connectivity index (χ0n) is 22.0. The summed E-state index contributed by atoms with van der Waals surface area (Å²) in [5.74, 6) is 1.72. The van der Waals surface area contributed by atoms with Gasteiger partial charge >= 0.3 is 0 Å². The molecule has 3 N–H and O–H groups in total. The van der Waals surface area contributed by atoms with Crippen LogP contribution < -0.4 is 0 Å². The highest BCUT2D eigenvalue weighted by molar-refractivity contribution is 5.51. The maximum Gasteiger partial charge on any atom is 0.0840 e. The first-order chi connectivity index (χ1) is 16.5. The highest BCUT2D eigenvalue weighted by atomic mass is 16.3. The quantitative estimate of drug-likeness (QED) is 0.443. The van der Waals surface area contributed by atoms with Gasteiger partial charge in [-0.05, 0) is 104 Å². The fraction of sp³-hybridized carbons (Fsp3) is 0.562. The predicted octanol–water partition coefficient (Wildman–Crippen LogP) is 6.70. The van der Waals surface area contributed by atoms with Crippen molar-refractivity contribution in [3.8, 4) is 0 Å². The van der Waals surface area contributed by atoms with Crippen LogP contribution in [0.3, 0.4) is 0 Å². The molecule has 3 nitrogen and oxygen atoms in total. The lowest BCUT2D eigenvalue weighted by molar-refractivity contribution is 0.0785. The second-order valence-electron chi connectivity index (χ2n) is 12.1. The largest absolute Gasteiger partial charge is 0.393 e. The van der Waals surface area contributed by atoms with Crippen molar-refractivity contribution in [2.45, 2.75) is 90.4 Å². The van der Waals surface area contributed by atoms with Crippen LogP contribution in [0.5, 0.6) is 0 Å². The van der Waals surface area contributed by atoms with Gasteiger partial charge in [-0.3, -0.25) is 0 Å². The van der Waals surface area contributed by atoms with Gasteiger partial charge in [0.25, 0.3) is 0 Å². The van der Waals surface area contributed by atoms with Gasteiger partial charge in [-0.25, -0.2) is 0 Å². The number of hydrogen-bond acceptors (Lipinski definition) is 3. The van der Waals surface area contributed by atoms with Gasteiger partial charge < -0.3 is 15.3 Å². The van der Waals surface area contributed by atoms with Gasteiger partial charge in [0.1, 0.15) is 0 Å². The lowest BCUT2D eigenvalue weighted by atomic mass is 9.61. The molecule has 0 heterocycles. The number of fused-ring (bicyclic) bond motifs is 1. The molecule has 3 aliphatic rings. The molecule has 0 aromatic heterocycles. The van der Waals surface area contributed by atoms with E-state index in [1.807, 2.05) is 26.0 Å². The highest BCUT2D eigenvalue weighted by Crippen LogP contribution is 2.59. The maximum atomic E-state index is 10.4. The van der Waals surface area contributed by atoms with E-state index >= 15 is 0 Å². The minimum absolute atomic E-state index is 0.296. The van der Waals surface area contributed by atoms with E-state index in [9.17, 15) is 15.3 Å². The number of aliphatic hydroxyl groups excluding tert-OH is 2. The average molecular weight is 477 g/mol. The summed E-state index contributed by atoms with van der Waals surface area (Å²) in [6.45, 7) is 12.6. The summed E-state index contributed by atoms with van der Waals surface area (Å²) >= 11 is 0. The van der Waals surface area contributed by atoms with E-state index in [1.54, 1.807) is 0 Å². The molecule has 190 valence electrons. The first-order valence-corrected chi connectivity index (χ1v) is 13.4. The smallest absolute Gasteiger partial charge is 0.0840 e. The van der Waals surface area contributed by atoms with E-state index in [-0.39, 0.29) is 0 Å². The van der Waals surface area contributed by atoms with E-state index in [0.29, 0.717) is 36.0 Å². The van der Waals surface area contributed by atoms with E-state index in [2.05, 4.69) is 56.9 Å². The van der Waals surface area contributed by atoms with Crippen molar-refractivity contribution in [3.63, 3.8) is 0 Å². The Kier molecular flexibility index (Phi) is 7.62. The van der Waals surface area contributed by atoms with Gasteiger partial charge in [0, 0.05) is 6.42 Å². The molecule has 3 aliphatic carbocycles. The van der Waals surface area contributed by atoms with Crippen molar-refractivity contribution in [1.29, 1.82) is 0 Å². The standard InChI is InChI=1S/C32H44O3/c1-21(11-12-23-8-6-10-26(18-23)31(3,4)35)28-15-16-29-24(9-7-17-32(28,29)5)13-14-25-19-27(33)20-30(34)22(25)2/h6,8,10-14,18,21,27-30,33-35H,2,7,9,15-17,19-20H2,1,3-5H3/b12-11-,24-13+,25-14-/t21-,27+,28+,29-,30-,32+/m0/s1. The molecule has 0 spiro atoms. The summed E-state index contributed by atoms with van der Waals surface area (Å²) in [4.78, 5) is 0. The van der Waals surface area contributed by atoms with E-state index < -0.39 is 17.8 Å². The molecule has 0 bridgehead atoms. The number of aliphatic hydroxyl groups is 3. The first-order valence-electron chi connectivity index (χ1n) is 13.4. The van der Waals surface area contributed by atoms with Crippen LogP contribution in [-0.4, -0.2) is 27.5 Å². The number of benzene rings is 1. The third-order valence-electron chi connectivity index (χ3n) is 9.12. The molecule has 3 saturated carbocycles. The Morgan fingerprint density at radius 2 is 1.94 bits per heavy atom. The molecule has 0 unspecified atom stereocenters. The fourth-order valence-electron chi connectivity index (χ4n) is 7.03. The molecular weight excluding hydrogens is 432 g/mol. The topological polar surface area (TPSA) is 60.7 Å². The molecule has 0 saturated heterocycles. The van der Waals surface area contributed by atoms with E-state index in [0.717, 1.165) is 28.7 Å². The molecule has 0 aliphatic heterocycles. The van der Waals surface area contributed by atoms with Crippen LogP contribution in [0, 0.1) is 23.2 Å². The maximum absolute atomic E-state index is 10.4. The second-order valence-corrected chi connectivity index (χ2v) is 12.1. The molecule has 1 aromatic carbocycles. The van der Waals surface area contributed by atoms with Crippen LogP contribution in [0.1, 0.15) is 83.8 Å². The Hall–Kier alpha value is -1.94. The average Bonchev–Trinajstić information content (AvgIpc) is 3.16. The molecule has 3 fully saturated rings. The molecule has 6 atom stereocenters. The molecule has 0 radical (unpaired) electrons. The van der Waals surface area contributed by atoms with Gasteiger partial charge in [-0.15, -0.1) is 0 Å². The lowest BCUT2D eigenvalue weighted by Gasteiger charge is -2.44. The molecule has 1 aromatic rings. The summed E-state index contributed by atoms with van der Waals surface area (Å²) in [5, 5.41) is 30.6. The van der Waals surface area contributed by atoms with Gasteiger partial charge in [-0.1, -0.05) is 68.5 Å². The lowest BCUT2D eigenvalue weighted by Crippen LogP contribution is -2.35. The summed E-state index contributed by atoms with van der Waals surface area (Å²) in [6.07, 6.45) is 15.0. The van der Waals surface area contributed by atoms with Gasteiger partial charge in [0.05, 0.1) is 17.8 Å². The van der Waals surface area contributed by atoms with Crippen LogP contribution in [0.25, 0.3) is 6.08 Å². The van der Waals surface area contributed by atoms with Crippen molar-refractivity contribution in [2.24, 2.45) is 23.2 Å².